The molecule has 0 radical (unpaired) electrons. The minimum atomic E-state index is 0.374. The minimum Gasteiger partial charge on any atom is -0.496 e. The summed E-state index contributed by atoms with van der Waals surface area (Å²) in [6, 6.07) is 3.83. The number of methoxy groups -OCH3 is 2. The van der Waals surface area contributed by atoms with Crippen LogP contribution >= 0.6 is 0 Å². The van der Waals surface area contributed by atoms with Crippen molar-refractivity contribution < 1.29 is 14.7 Å². The quantitative estimate of drug-likeness (QED) is 0.767. The zero-order valence-electron chi connectivity index (χ0n) is 12.0. The van der Waals surface area contributed by atoms with E-state index in [0.29, 0.717) is 6.54 Å². The number of nitrogens with one attached hydrogen (secondary N) is 1. The fraction of sp³-hybridized carbons (Fsp3) is 0.571. The maximum absolute atomic E-state index is 8.69. The summed E-state index contributed by atoms with van der Waals surface area (Å²) in [5.41, 5.74) is 4.13. The molecule has 0 fully saturated rings. The van der Waals surface area contributed by atoms with Crippen molar-refractivity contribution in [3.63, 3.8) is 0 Å². The van der Waals surface area contributed by atoms with E-state index >= 15 is 0 Å². The lowest BCUT2D eigenvalue weighted by molar-refractivity contribution is 0.161. The van der Waals surface area contributed by atoms with E-state index in [-0.39, 0.29) is 0 Å². The van der Waals surface area contributed by atoms with Gasteiger partial charge in [-0.25, -0.2) is 5.48 Å². The number of hydroxylamine groups is 1. The van der Waals surface area contributed by atoms with Gasteiger partial charge in [0.2, 0.25) is 0 Å². The van der Waals surface area contributed by atoms with Gasteiger partial charge in [0.15, 0.2) is 0 Å². The zero-order chi connectivity index (χ0) is 14.0. The Bertz CT molecular complexity index is 315. The molecule has 1 aromatic carbocycles. The molecule has 2 N–H and O–H groups in total. The predicted molar refractivity (Wildman–Crippen MR) is 73.5 cm³/mol. The number of hydrogen-bond donors (Lipinski definition) is 2. The van der Waals surface area contributed by atoms with E-state index in [1.165, 1.54) is 0 Å². The van der Waals surface area contributed by atoms with Gasteiger partial charge < -0.3 is 14.7 Å². The van der Waals surface area contributed by atoms with Crippen molar-refractivity contribution in [2.75, 3.05) is 14.2 Å². The maximum Gasteiger partial charge on any atom is 0.126 e. The van der Waals surface area contributed by atoms with Crippen LogP contribution in [0.15, 0.2) is 12.1 Å². The number of ether oxygens (including phenoxy) is 2. The average Bonchev–Trinajstić information content (AvgIpc) is 2.42. The Balaban J connectivity index is 0.00000137. The molecular formula is C14H25NO3. The van der Waals surface area contributed by atoms with Gasteiger partial charge >= 0.3 is 0 Å². The minimum absolute atomic E-state index is 0.374. The SMILES string of the molecule is CC.CCCc1c(OC)cc(CNO)cc1OC. The van der Waals surface area contributed by atoms with Gasteiger partial charge in [-0.1, -0.05) is 27.2 Å². The van der Waals surface area contributed by atoms with Crippen LogP contribution in [0.1, 0.15) is 38.3 Å². The number of benzene rings is 1. The lowest BCUT2D eigenvalue weighted by Gasteiger charge is -2.14. The first-order chi connectivity index (χ1) is 8.76. The molecule has 0 saturated carbocycles. The summed E-state index contributed by atoms with van der Waals surface area (Å²) in [5.74, 6) is 1.62. The van der Waals surface area contributed by atoms with Gasteiger partial charge in [0, 0.05) is 12.1 Å². The predicted octanol–water partition coefficient (Wildman–Crippen LogP) is 3.16. The van der Waals surface area contributed by atoms with Crippen molar-refractivity contribution in [1.82, 2.24) is 5.48 Å². The van der Waals surface area contributed by atoms with Crippen LogP contribution in [0.2, 0.25) is 0 Å². The fourth-order valence-corrected chi connectivity index (χ4v) is 1.73. The fourth-order valence-electron chi connectivity index (χ4n) is 1.73. The van der Waals surface area contributed by atoms with Gasteiger partial charge in [-0.15, -0.1) is 0 Å². The lowest BCUT2D eigenvalue weighted by atomic mass is 10.0. The second-order valence-electron chi connectivity index (χ2n) is 3.56. The standard InChI is InChI=1S/C12H19NO3.C2H6/c1-4-5-10-11(15-2)6-9(8-13-14)7-12(10)16-3;1-2/h6-7,13-14H,4-5,8H2,1-3H3;1-2H3. The van der Waals surface area contributed by atoms with Crippen molar-refractivity contribution in [3.05, 3.63) is 23.3 Å². The van der Waals surface area contributed by atoms with E-state index in [2.05, 4.69) is 12.4 Å². The molecule has 0 aromatic heterocycles. The Morgan fingerprint density at radius 1 is 1.11 bits per heavy atom. The third kappa shape index (κ3) is 4.55. The molecule has 0 spiro atoms. The van der Waals surface area contributed by atoms with Crippen LogP contribution < -0.4 is 15.0 Å². The number of hydrogen-bond acceptors (Lipinski definition) is 4. The summed E-state index contributed by atoms with van der Waals surface area (Å²) in [7, 11) is 3.29. The molecule has 0 heterocycles. The van der Waals surface area contributed by atoms with Crippen molar-refractivity contribution in [1.29, 1.82) is 0 Å². The van der Waals surface area contributed by atoms with E-state index in [1.54, 1.807) is 14.2 Å². The summed E-state index contributed by atoms with van der Waals surface area (Å²) < 4.78 is 10.7. The van der Waals surface area contributed by atoms with Crippen LogP contribution in [0.5, 0.6) is 11.5 Å². The van der Waals surface area contributed by atoms with Crippen molar-refractivity contribution in [2.45, 2.75) is 40.2 Å². The normalized spacial score (nSPS) is 9.44. The third-order valence-electron chi connectivity index (χ3n) is 2.45. The van der Waals surface area contributed by atoms with E-state index in [0.717, 1.165) is 35.5 Å². The molecule has 0 atom stereocenters. The Kier molecular flexibility index (Phi) is 9.06. The van der Waals surface area contributed by atoms with E-state index in [1.807, 2.05) is 26.0 Å². The van der Waals surface area contributed by atoms with Gasteiger partial charge in [-0.3, -0.25) is 0 Å². The molecule has 1 aromatic rings. The van der Waals surface area contributed by atoms with Gasteiger partial charge in [-0.2, -0.15) is 0 Å². The Morgan fingerprint density at radius 3 is 1.94 bits per heavy atom. The molecule has 0 unspecified atom stereocenters. The van der Waals surface area contributed by atoms with Crippen LogP contribution in [-0.2, 0) is 13.0 Å². The van der Waals surface area contributed by atoms with Crippen molar-refractivity contribution in [3.8, 4) is 11.5 Å². The summed E-state index contributed by atoms with van der Waals surface area (Å²) >= 11 is 0. The van der Waals surface area contributed by atoms with E-state index in [9.17, 15) is 0 Å². The van der Waals surface area contributed by atoms with Gasteiger partial charge in [0.05, 0.1) is 14.2 Å². The monoisotopic (exact) mass is 255 g/mol. The first-order valence-corrected chi connectivity index (χ1v) is 6.37. The van der Waals surface area contributed by atoms with Crippen molar-refractivity contribution in [2.24, 2.45) is 0 Å². The summed E-state index contributed by atoms with van der Waals surface area (Å²) in [5, 5.41) is 8.69. The average molecular weight is 255 g/mol. The zero-order valence-corrected chi connectivity index (χ0v) is 12.0. The molecule has 0 aliphatic heterocycles. The molecule has 4 heteroatoms. The van der Waals surface area contributed by atoms with Gasteiger partial charge in [0.1, 0.15) is 11.5 Å². The summed E-state index contributed by atoms with van der Waals surface area (Å²) in [4.78, 5) is 0. The highest BCUT2D eigenvalue weighted by Crippen LogP contribution is 2.31. The molecule has 4 nitrogen and oxygen atoms in total. The smallest absolute Gasteiger partial charge is 0.126 e. The van der Waals surface area contributed by atoms with E-state index < -0.39 is 0 Å². The highest BCUT2D eigenvalue weighted by molar-refractivity contribution is 5.48. The molecule has 0 aliphatic rings. The Morgan fingerprint density at radius 2 is 1.61 bits per heavy atom. The molecule has 0 amide bonds. The Labute approximate surface area is 110 Å². The highest BCUT2D eigenvalue weighted by atomic mass is 16.5. The van der Waals surface area contributed by atoms with Crippen molar-refractivity contribution >= 4 is 0 Å². The van der Waals surface area contributed by atoms with Gasteiger partial charge in [-0.05, 0) is 24.1 Å². The molecule has 0 bridgehead atoms. The molecule has 18 heavy (non-hydrogen) atoms. The van der Waals surface area contributed by atoms with Crippen LogP contribution in [0.25, 0.3) is 0 Å². The summed E-state index contributed by atoms with van der Waals surface area (Å²) in [6.07, 6.45) is 1.95. The molecule has 1 rings (SSSR count). The molecule has 104 valence electrons. The largest absolute Gasteiger partial charge is 0.496 e. The summed E-state index contributed by atoms with van der Waals surface area (Å²) in [6.45, 7) is 6.49. The van der Waals surface area contributed by atoms with E-state index in [4.69, 9.17) is 14.7 Å². The third-order valence-corrected chi connectivity index (χ3v) is 2.45. The number of rotatable bonds is 6. The first-order valence-electron chi connectivity index (χ1n) is 6.37. The molecule has 0 saturated heterocycles. The van der Waals surface area contributed by atoms with Crippen LogP contribution in [-0.4, -0.2) is 19.4 Å². The van der Waals surface area contributed by atoms with Crippen LogP contribution in [0.4, 0.5) is 0 Å². The topological polar surface area (TPSA) is 50.7 Å². The maximum atomic E-state index is 8.69. The highest BCUT2D eigenvalue weighted by Gasteiger charge is 2.11. The van der Waals surface area contributed by atoms with Crippen LogP contribution in [0.3, 0.4) is 0 Å². The van der Waals surface area contributed by atoms with Crippen LogP contribution in [0, 0.1) is 0 Å². The first kappa shape index (κ1) is 16.7. The second kappa shape index (κ2) is 9.74. The Hall–Kier alpha value is -1.26. The molecular weight excluding hydrogens is 230 g/mol. The second-order valence-corrected chi connectivity index (χ2v) is 3.56. The van der Waals surface area contributed by atoms with Gasteiger partial charge in [0.25, 0.3) is 0 Å². The lowest BCUT2D eigenvalue weighted by Crippen LogP contribution is -2.07. The molecule has 0 aliphatic carbocycles.